The number of ether oxygens (including phenoxy) is 2. The molecule has 2 rings (SSSR count). The first-order chi connectivity index (χ1) is 8.99. The standard InChI is InChI=1S/C15H21NO3/c1-12-4-6-13(7-5-12)19-10-14(17)16-8-9-18-11-15(16,2)3/h4-7H,8-11H2,1-3H3. The molecule has 0 saturated carbocycles. The van der Waals surface area contributed by atoms with E-state index in [2.05, 4.69) is 0 Å². The van der Waals surface area contributed by atoms with Gasteiger partial charge in [-0.2, -0.15) is 0 Å². The summed E-state index contributed by atoms with van der Waals surface area (Å²) in [7, 11) is 0. The lowest BCUT2D eigenvalue weighted by Gasteiger charge is -2.42. The molecule has 0 unspecified atom stereocenters. The molecule has 0 atom stereocenters. The van der Waals surface area contributed by atoms with Crippen molar-refractivity contribution in [3.63, 3.8) is 0 Å². The molecule has 1 saturated heterocycles. The Bertz CT molecular complexity index is 439. The number of morpholine rings is 1. The van der Waals surface area contributed by atoms with E-state index in [1.807, 2.05) is 49.9 Å². The summed E-state index contributed by atoms with van der Waals surface area (Å²) in [6.45, 7) is 7.91. The third-order valence-corrected chi connectivity index (χ3v) is 3.33. The summed E-state index contributed by atoms with van der Waals surface area (Å²) in [5.41, 5.74) is 0.916. The zero-order valence-corrected chi connectivity index (χ0v) is 11.8. The molecule has 0 bridgehead atoms. The van der Waals surface area contributed by atoms with Crippen molar-refractivity contribution < 1.29 is 14.3 Å². The van der Waals surface area contributed by atoms with E-state index in [9.17, 15) is 4.79 Å². The van der Waals surface area contributed by atoms with Gasteiger partial charge in [-0.3, -0.25) is 4.79 Å². The number of hydrogen-bond acceptors (Lipinski definition) is 3. The smallest absolute Gasteiger partial charge is 0.261 e. The maximum absolute atomic E-state index is 12.2. The normalized spacial score (nSPS) is 18.2. The number of hydrogen-bond donors (Lipinski definition) is 0. The molecule has 1 aromatic rings. The number of nitrogens with zero attached hydrogens (tertiary/aromatic N) is 1. The fourth-order valence-corrected chi connectivity index (χ4v) is 2.18. The molecule has 0 aromatic heterocycles. The maximum Gasteiger partial charge on any atom is 0.261 e. The average Bonchev–Trinajstić information content (AvgIpc) is 2.37. The topological polar surface area (TPSA) is 38.8 Å². The van der Waals surface area contributed by atoms with Gasteiger partial charge in [-0.1, -0.05) is 17.7 Å². The summed E-state index contributed by atoms with van der Waals surface area (Å²) in [4.78, 5) is 14.0. The van der Waals surface area contributed by atoms with Crippen molar-refractivity contribution in [3.8, 4) is 5.75 Å². The van der Waals surface area contributed by atoms with Gasteiger partial charge in [0.05, 0.1) is 18.8 Å². The molecule has 4 heteroatoms. The third kappa shape index (κ3) is 3.47. The van der Waals surface area contributed by atoms with Crippen LogP contribution in [0.5, 0.6) is 5.75 Å². The Hall–Kier alpha value is -1.55. The van der Waals surface area contributed by atoms with Gasteiger partial charge in [-0.05, 0) is 32.9 Å². The zero-order chi connectivity index (χ0) is 13.9. The molecule has 1 aliphatic rings. The first-order valence-corrected chi connectivity index (χ1v) is 6.57. The number of aryl methyl sites for hydroxylation is 1. The van der Waals surface area contributed by atoms with Gasteiger partial charge in [0.1, 0.15) is 5.75 Å². The minimum atomic E-state index is -0.258. The molecule has 0 radical (unpaired) electrons. The summed E-state index contributed by atoms with van der Waals surface area (Å²) >= 11 is 0. The molecule has 1 aliphatic heterocycles. The van der Waals surface area contributed by atoms with Gasteiger partial charge < -0.3 is 14.4 Å². The Morgan fingerprint density at radius 2 is 2.05 bits per heavy atom. The van der Waals surface area contributed by atoms with Crippen LogP contribution >= 0.6 is 0 Å². The average molecular weight is 263 g/mol. The van der Waals surface area contributed by atoms with Crippen molar-refractivity contribution in [3.05, 3.63) is 29.8 Å². The lowest BCUT2D eigenvalue weighted by Crippen LogP contribution is -2.56. The molecule has 1 amide bonds. The zero-order valence-electron chi connectivity index (χ0n) is 11.8. The van der Waals surface area contributed by atoms with Crippen LogP contribution < -0.4 is 4.74 Å². The molecule has 0 spiro atoms. The quantitative estimate of drug-likeness (QED) is 0.837. The summed E-state index contributed by atoms with van der Waals surface area (Å²) in [5, 5.41) is 0. The molecule has 1 aromatic carbocycles. The summed E-state index contributed by atoms with van der Waals surface area (Å²) in [5.74, 6) is 0.735. The molecule has 4 nitrogen and oxygen atoms in total. The van der Waals surface area contributed by atoms with Crippen LogP contribution in [0.1, 0.15) is 19.4 Å². The second-order valence-corrected chi connectivity index (χ2v) is 5.51. The lowest BCUT2D eigenvalue weighted by atomic mass is 10.0. The number of amides is 1. The molecule has 1 fully saturated rings. The fraction of sp³-hybridized carbons (Fsp3) is 0.533. The van der Waals surface area contributed by atoms with E-state index in [4.69, 9.17) is 9.47 Å². The summed E-state index contributed by atoms with van der Waals surface area (Å²) in [6, 6.07) is 7.71. The van der Waals surface area contributed by atoms with Crippen molar-refractivity contribution in [2.45, 2.75) is 26.3 Å². The minimum Gasteiger partial charge on any atom is -0.484 e. The largest absolute Gasteiger partial charge is 0.484 e. The van der Waals surface area contributed by atoms with E-state index in [0.29, 0.717) is 19.8 Å². The van der Waals surface area contributed by atoms with Crippen molar-refractivity contribution in [1.82, 2.24) is 4.90 Å². The Balaban J connectivity index is 1.92. The molecule has 19 heavy (non-hydrogen) atoms. The molecule has 0 N–H and O–H groups in total. The first kappa shape index (κ1) is 13.9. The number of rotatable bonds is 3. The highest BCUT2D eigenvalue weighted by atomic mass is 16.5. The molecular formula is C15H21NO3. The van der Waals surface area contributed by atoms with Gasteiger partial charge >= 0.3 is 0 Å². The van der Waals surface area contributed by atoms with Crippen molar-refractivity contribution in [2.24, 2.45) is 0 Å². The monoisotopic (exact) mass is 263 g/mol. The Labute approximate surface area is 114 Å². The lowest BCUT2D eigenvalue weighted by molar-refractivity contribution is -0.148. The molecule has 104 valence electrons. The fourth-order valence-electron chi connectivity index (χ4n) is 2.18. The second kappa shape index (κ2) is 5.61. The van der Waals surface area contributed by atoms with Gasteiger partial charge in [0.15, 0.2) is 6.61 Å². The van der Waals surface area contributed by atoms with Gasteiger partial charge in [0, 0.05) is 6.54 Å². The molecule has 1 heterocycles. The SMILES string of the molecule is Cc1ccc(OCC(=O)N2CCOCC2(C)C)cc1. The second-order valence-electron chi connectivity index (χ2n) is 5.51. The highest BCUT2D eigenvalue weighted by Gasteiger charge is 2.34. The van der Waals surface area contributed by atoms with Crippen LogP contribution in [0.4, 0.5) is 0 Å². The van der Waals surface area contributed by atoms with Crippen LogP contribution in [0.25, 0.3) is 0 Å². The van der Waals surface area contributed by atoms with Crippen LogP contribution in [0.3, 0.4) is 0 Å². The number of benzene rings is 1. The van der Waals surface area contributed by atoms with Crippen LogP contribution in [-0.4, -0.2) is 42.7 Å². The van der Waals surface area contributed by atoms with Crippen molar-refractivity contribution >= 4 is 5.91 Å². The van der Waals surface area contributed by atoms with Crippen LogP contribution in [0, 0.1) is 6.92 Å². The highest BCUT2D eigenvalue weighted by molar-refractivity contribution is 5.78. The van der Waals surface area contributed by atoms with Crippen molar-refractivity contribution in [2.75, 3.05) is 26.4 Å². The van der Waals surface area contributed by atoms with Crippen LogP contribution in [-0.2, 0) is 9.53 Å². The van der Waals surface area contributed by atoms with Gasteiger partial charge in [0.2, 0.25) is 0 Å². The highest BCUT2D eigenvalue weighted by Crippen LogP contribution is 2.19. The third-order valence-electron chi connectivity index (χ3n) is 3.33. The van der Waals surface area contributed by atoms with E-state index >= 15 is 0 Å². The Morgan fingerprint density at radius 1 is 1.37 bits per heavy atom. The van der Waals surface area contributed by atoms with Gasteiger partial charge in [-0.15, -0.1) is 0 Å². The van der Waals surface area contributed by atoms with Crippen LogP contribution in [0.15, 0.2) is 24.3 Å². The van der Waals surface area contributed by atoms with E-state index in [1.54, 1.807) is 0 Å². The van der Waals surface area contributed by atoms with E-state index in [1.165, 1.54) is 5.56 Å². The predicted molar refractivity (Wildman–Crippen MR) is 73.3 cm³/mol. The van der Waals surface area contributed by atoms with E-state index in [-0.39, 0.29) is 18.1 Å². The number of carbonyl (C=O) groups excluding carboxylic acids is 1. The minimum absolute atomic E-state index is 0.00822. The van der Waals surface area contributed by atoms with E-state index in [0.717, 1.165) is 5.75 Å². The van der Waals surface area contributed by atoms with Gasteiger partial charge in [-0.25, -0.2) is 0 Å². The van der Waals surface area contributed by atoms with Crippen LogP contribution in [0.2, 0.25) is 0 Å². The Morgan fingerprint density at radius 3 is 2.68 bits per heavy atom. The molecular weight excluding hydrogens is 242 g/mol. The Kier molecular flexibility index (Phi) is 4.10. The summed E-state index contributed by atoms with van der Waals surface area (Å²) in [6.07, 6.45) is 0. The van der Waals surface area contributed by atoms with Gasteiger partial charge in [0.25, 0.3) is 5.91 Å². The van der Waals surface area contributed by atoms with Crippen molar-refractivity contribution in [1.29, 1.82) is 0 Å². The first-order valence-electron chi connectivity index (χ1n) is 6.57. The molecule has 0 aliphatic carbocycles. The predicted octanol–water partition coefficient (Wildman–Crippen LogP) is 2.01. The summed E-state index contributed by atoms with van der Waals surface area (Å²) < 4.78 is 10.9. The maximum atomic E-state index is 12.2. The number of carbonyl (C=O) groups is 1. The van der Waals surface area contributed by atoms with E-state index < -0.39 is 0 Å².